The predicted molar refractivity (Wildman–Crippen MR) is 75.0 cm³/mol. The first-order chi connectivity index (χ1) is 8.22. The lowest BCUT2D eigenvalue weighted by Gasteiger charge is -2.31. The van der Waals surface area contributed by atoms with Crippen LogP contribution < -0.4 is 5.32 Å². The summed E-state index contributed by atoms with van der Waals surface area (Å²) in [5, 5.41) is 3.68. The third-order valence-corrected chi connectivity index (χ3v) is 3.54. The van der Waals surface area contributed by atoms with Crippen LogP contribution in [0.5, 0.6) is 0 Å². The lowest BCUT2D eigenvalue weighted by Crippen LogP contribution is -2.42. The van der Waals surface area contributed by atoms with Gasteiger partial charge in [-0.2, -0.15) is 0 Å². The van der Waals surface area contributed by atoms with Crippen molar-refractivity contribution in [2.75, 3.05) is 26.2 Å². The smallest absolute Gasteiger partial charge is 0.0598 e. The Morgan fingerprint density at radius 1 is 1.29 bits per heavy atom. The molecule has 1 rings (SSSR count). The number of unbranched alkanes of at least 4 members (excludes halogenated alkanes) is 1. The quantitative estimate of drug-likeness (QED) is 0.540. The normalized spacial score (nSPS) is 18.5. The number of likely N-dealkylation sites (tertiary alicyclic amines) is 1. The minimum absolute atomic E-state index is 0.725. The second kappa shape index (κ2) is 8.55. The summed E-state index contributed by atoms with van der Waals surface area (Å²) in [6, 6.07) is 0.725. The molecule has 1 aliphatic heterocycles. The molecule has 0 bridgehead atoms. The van der Waals surface area contributed by atoms with Crippen LogP contribution in [0.1, 0.15) is 46.0 Å². The fraction of sp³-hybridized carbons (Fsp3) is 0.867. The van der Waals surface area contributed by atoms with Crippen LogP contribution in [0.25, 0.3) is 0 Å². The summed E-state index contributed by atoms with van der Waals surface area (Å²) in [7, 11) is 0. The van der Waals surface area contributed by atoms with Gasteiger partial charge in [0.25, 0.3) is 0 Å². The zero-order chi connectivity index (χ0) is 12.5. The first-order valence-electron chi connectivity index (χ1n) is 7.11. The number of terminal acetylenes is 1. The summed E-state index contributed by atoms with van der Waals surface area (Å²) < 4.78 is 0. The zero-order valence-corrected chi connectivity index (χ0v) is 11.5. The molecule has 0 atom stereocenters. The van der Waals surface area contributed by atoms with Crippen LogP contribution in [-0.4, -0.2) is 37.1 Å². The molecule has 1 saturated heterocycles. The molecule has 0 spiro atoms. The van der Waals surface area contributed by atoms with Crippen LogP contribution in [0.15, 0.2) is 0 Å². The average Bonchev–Trinajstić information content (AvgIpc) is 2.31. The molecule has 1 fully saturated rings. The van der Waals surface area contributed by atoms with Gasteiger partial charge >= 0.3 is 0 Å². The van der Waals surface area contributed by atoms with Gasteiger partial charge in [0, 0.05) is 19.1 Å². The lowest BCUT2D eigenvalue weighted by molar-refractivity contribution is 0.217. The molecule has 0 unspecified atom stereocenters. The summed E-state index contributed by atoms with van der Waals surface area (Å²) in [5.74, 6) is 3.58. The topological polar surface area (TPSA) is 15.3 Å². The van der Waals surface area contributed by atoms with E-state index in [0.717, 1.165) is 31.6 Å². The first-order valence-corrected chi connectivity index (χ1v) is 7.11. The van der Waals surface area contributed by atoms with Crippen molar-refractivity contribution in [3.63, 3.8) is 0 Å². The molecule has 0 aromatic carbocycles. The van der Waals surface area contributed by atoms with Gasteiger partial charge in [0.1, 0.15) is 0 Å². The highest BCUT2D eigenvalue weighted by Crippen LogP contribution is 2.10. The highest BCUT2D eigenvalue weighted by molar-refractivity contribution is 4.90. The van der Waals surface area contributed by atoms with Crippen molar-refractivity contribution in [1.82, 2.24) is 10.2 Å². The minimum Gasteiger partial charge on any atom is -0.314 e. The van der Waals surface area contributed by atoms with E-state index in [0.29, 0.717) is 0 Å². The number of rotatable bonds is 7. The van der Waals surface area contributed by atoms with E-state index in [9.17, 15) is 0 Å². The average molecular weight is 236 g/mol. The molecular formula is C15H28N2. The largest absolute Gasteiger partial charge is 0.314 e. The maximum atomic E-state index is 5.32. The third kappa shape index (κ3) is 6.71. The van der Waals surface area contributed by atoms with E-state index >= 15 is 0 Å². The van der Waals surface area contributed by atoms with Crippen molar-refractivity contribution in [3.05, 3.63) is 0 Å². The molecule has 1 N–H and O–H groups in total. The number of nitrogens with zero attached hydrogens (tertiary/aromatic N) is 1. The number of piperidine rings is 1. The highest BCUT2D eigenvalue weighted by Gasteiger charge is 2.17. The number of hydrogen-bond donors (Lipinski definition) is 1. The predicted octanol–water partition coefficient (Wildman–Crippen LogP) is 2.50. The molecule has 0 saturated carbocycles. The summed E-state index contributed by atoms with van der Waals surface area (Å²) in [6.45, 7) is 8.93. The molecule has 0 aromatic heterocycles. The zero-order valence-electron chi connectivity index (χ0n) is 11.5. The Bertz CT molecular complexity index is 222. The Morgan fingerprint density at radius 2 is 2.00 bits per heavy atom. The van der Waals surface area contributed by atoms with Crippen molar-refractivity contribution in [3.8, 4) is 12.3 Å². The van der Waals surface area contributed by atoms with E-state index in [1.807, 2.05) is 0 Å². The van der Waals surface area contributed by atoms with Gasteiger partial charge in [-0.05, 0) is 31.7 Å². The van der Waals surface area contributed by atoms with Gasteiger partial charge in [-0.3, -0.25) is 4.90 Å². The molecular weight excluding hydrogens is 208 g/mol. The second-order valence-electron chi connectivity index (χ2n) is 5.60. The minimum atomic E-state index is 0.725. The van der Waals surface area contributed by atoms with Gasteiger partial charge in [0.05, 0.1) is 6.54 Å². The summed E-state index contributed by atoms with van der Waals surface area (Å²) in [5.41, 5.74) is 0. The van der Waals surface area contributed by atoms with E-state index in [2.05, 4.69) is 30.0 Å². The Balaban J connectivity index is 1.97. The third-order valence-electron chi connectivity index (χ3n) is 3.54. The van der Waals surface area contributed by atoms with Crippen molar-refractivity contribution in [2.45, 2.75) is 52.0 Å². The number of hydrogen-bond acceptors (Lipinski definition) is 2. The maximum Gasteiger partial charge on any atom is 0.0598 e. The summed E-state index contributed by atoms with van der Waals surface area (Å²) in [6.07, 6.45) is 11.9. The Labute approximate surface area is 107 Å². The fourth-order valence-electron chi connectivity index (χ4n) is 2.41. The summed E-state index contributed by atoms with van der Waals surface area (Å²) >= 11 is 0. The fourth-order valence-corrected chi connectivity index (χ4v) is 2.41. The Morgan fingerprint density at radius 3 is 2.59 bits per heavy atom. The van der Waals surface area contributed by atoms with Gasteiger partial charge in [-0.1, -0.05) is 32.6 Å². The molecule has 2 nitrogen and oxygen atoms in total. The first kappa shape index (κ1) is 14.5. The van der Waals surface area contributed by atoms with Crippen LogP contribution >= 0.6 is 0 Å². The lowest BCUT2D eigenvalue weighted by atomic mass is 10.0. The van der Waals surface area contributed by atoms with Crippen molar-refractivity contribution >= 4 is 0 Å². The summed E-state index contributed by atoms with van der Waals surface area (Å²) in [4.78, 5) is 2.37. The van der Waals surface area contributed by atoms with E-state index in [4.69, 9.17) is 6.42 Å². The molecule has 0 radical (unpaired) electrons. The molecule has 2 heteroatoms. The van der Waals surface area contributed by atoms with Crippen molar-refractivity contribution in [1.29, 1.82) is 0 Å². The van der Waals surface area contributed by atoms with Crippen LogP contribution in [0, 0.1) is 18.3 Å². The van der Waals surface area contributed by atoms with Crippen LogP contribution in [0.3, 0.4) is 0 Å². The molecule has 1 aliphatic rings. The van der Waals surface area contributed by atoms with E-state index in [1.54, 1.807) is 0 Å². The van der Waals surface area contributed by atoms with Crippen LogP contribution in [0.2, 0.25) is 0 Å². The molecule has 0 amide bonds. The van der Waals surface area contributed by atoms with E-state index in [-0.39, 0.29) is 0 Å². The molecule has 0 aromatic rings. The molecule has 1 heterocycles. The van der Waals surface area contributed by atoms with Gasteiger partial charge in [0.15, 0.2) is 0 Å². The Kier molecular flexibility index (Phi) is 7.32. The van der Waals surface area contributed by atoms with Gasteiger partial charge < -0.3 is 5.32 Å². The van der Waals surface area contributed by atoms with Crippen LogP contribution in [-0.2, 0) is 0 Å². The Hall–Kier alpha value is -0.520. The molecule has 98 valence electrons. The van der Waals surface area contributed by atoms with E-state index in [1.165, 1.54) is 38.6 Å². The number of nitrogens with one attached hydrogen (secondary N) is 1. The van der Waals surface area contributed by atoms with Crippen molar-refractivity contribution < 1.29 is 0 Å². The van der Waals surface area contributed by atoms with Gasteiger partial charge in [0.2, 0.25) is 0 Å². The van der Waals surface area contributed by atoms with Crippen molar-refractivity contribution in [2.24, 2.45) is 5.92 Å². The van der Waals surface area contributed by atoms with E-state index < -0.39 is 0 Å². The second-order valence-corrected chi connectivity index (χ2v) is 5.60. The van der Waals surface area contributed by atoms with Gasteiger partial charge in [-0.25, -0.2) is 0 Å². The maximum absolute atomic E-state index is 5.32. The van der Waals surface area contributed by atoms with Gasteiger partial charge in [-0.15, -0.1) is 6.42 Å². The SMILES string of the molecule is C#CCN1CCC(NCCCCC(C)C)CC1. The highest BCUT2D eigenvalue weighted by atomic mass is 15.1. The van der Waals surface area contributed by atoms with Crippen LogP contribution in [0.4, 0.5) is 0 Å². The standard InChI is InChI=1S/C15H28N2/c1-4-11-17-12-8-15(9-13-17)16-10-6-5-7-14(2)3/h1,14-16H,5-13H2,2-3H3. The molecule has 17 heavy (non-hydrogen) atoms. The molecule has 0 aliphatic carbocycles. The monoisotopic (exact) mass is 236 g/mol.